The molecule has 4 heterocycles. The lowest BCUT2D eigenvalue weighted by Crippen LogP contribution is -2.40. The molecule has 0 spiro atoms. The summed E-state index contributed by atoms with van der Waals surface area (Å²) in [5, 5.41) is 0. The smallest absolute Gasteiger partial charge is 0.252 e. The van der Waals surface area contributed by atoms with Gasteiger partial charge in [0.15, 0.2) is 0 Å². The van der Waals surface area contributed by atoms with Crippen LogP contribution >= 0.6 is 0 Å². The third kappa shape index (κ3) is 6.34. The van der Waals surface area contributed by atoms with Crippen LogP contribution in [0.3, 0.4) is 0 Å². The van der Waals surface area contributed by atoms with Gasteiger partial charge >= 0.3 is 0 Å². The van der Waals surface area contributed by atoms with Crippen molar-refractivity contribution in [3.05, 3.63) is 80.8 Å². The molecule has 0 saturated carbocycles. The fourth-order valence-electron chi connectivity index (χ4n) is 7.23. The predicted molar refractivity (Wildman–Crippen MR) is 176 cm³/mol. The average molecular weight is 613 g/mol. The van der Waals surface area contributed by atoms with Crippen molar-refractivity contribution in [3.63, 3.8) is 0 Å². The van der Waals surface area contributed by atoms with Gasteiger partial charge in [0.1, 0.15) is 0 Å². The van der Waals surface area contributed by atoms with E-state index in [1.165, 1.54) is 10.5 Å². The predicted octanol–water partition coefficient (Wildman–Crippen LogP) is 4.85. The molecular weight excluding hydrogens is 568 g/mol. The number of nitrogens with zero attached hydrogens (tertiary/aromatic N) is 3. The Morgan fingerprint density at radius 1 is 0.889 bits per heavy atom. The highest BCUT2D eigenvalue weighted by Gasteiger charge is 2.43. The second kappa shape index (κ2) is 13.3. The molecule has 9 heteroatoms. The Kier molecular flexibility index (Phi) is 9.21. The van der Waals surface area contributed by atoms with Gasteiger partial charge in [0, 0.05) is 68.8 Å². The first-order valence-electron chi connectivity index (χ1n) is 16.2. The number of aromatic nitrogens is 1. The lowest BCUT2D eigenvalue weighted by molar-refractivity contribution is -0.121. The van der Waals surface area contributed by atoms with Crippen molar-refractivity contribution in [3.8, 4) is 11.1 Å². The summed E-state index contributed by atoms with van der Waals surface area (Å²) in [5.74, 6) is -1.45. The van der Waals surface area contributed by atoms with Gasteiger partial charge in [-0.1, -0.05) is 24.3 Å². The number of ether oxygens (including phenoxy) is 2. The van der Waals surface area contributed by atoms with Crippen molar-refractivity contribution >= 4 is 23.2 Å². The molecule has 1 atom stereocenters. The van der Waals surface area contributed by atoms with Crippen LogP contribution in [0.25, 0.3) is 11.1 Å². The van der Waals surface area contributed by atoms with Gasteiger partial charge in [-0.2, -0.15) is 0 Å². The minimum Gasteiger partial charge on any atom is -0.381 e. The molecule has 0 aliphatic carbocycles. The SMILES string of the molecule is CCN(c1cc(-c2ccc(CN3CCOCC3)cc2)cc(N2C(=O)CC(c3c(C)cc(C)[nH]c3=O)C2=O)c1C)C1CCOCC1. The molecule has 0 bridgehead atoms. The summed E-state index contributed by atoms with van der Waals surface area (Å²) in [5.41, 5.74) is 7.22. The second-order valence-corrected chi connectivity index (χ2v) is 12.6. The molecule has 0 radical (unpaired) electrons. The molecule has 1 unspecified atom stereocenters. The summed E-state index contributed by atoms with van der Waals surface area (Å²) >= 11 is 0. The standard InChI is InChI=1S/C36H44N4O5/c1-5-39(29-10-14-44-15-11-29)31-19-28(27-8-6-26(7-9-27)22-38-12-16-45-17-13-38)20-32(25(31)4)40-33(41)21-30(36(40)43)34-23(2)18-24(3)37-35(34)42/h6-9,18-20,29-30H,5,10-17,21-22H2,1-4H3,(H,37,42). The molecule has 3 aliphatic rings. The molecular formula is C36H44N4O5. The number of amides is 2. The minimum atomic E-state index is -0.814. The van der Waals surface area contributed by atoms with Crippen LogP contribution in [0.2, 0.25) is 0 Å². The largest absolute Gasteiger partial charge is 0.381 e. The van der Waals surface area contributed by atoms with Crippen LogP contribution in [0, 0.1) is 20.8 Å². The Hall–Kier alpha value is -3.79. The van der Waals surface area contributed by atoms with Crippen molar-refractivity contribution in [2.24, 2.45) is 0 Å². The van der Waals surface area contributed by atoms with Gasteiger partial charge in [-0.05, 0) is 86.6 Å². The Morgan fingerprint density at radius 2 is 1.58 bits per heavy atom. The number of morpholine rings is 1. The fourth-order valence-corrected chi connectivity index (χ4v) is 7.23. The number of imide groups is 1. The third-order valence-electron chi connectivity index (χ3n) is 9.58. The lowest BCUT2D eigenvalue weighted by atomic mass is 9.94. The number of pyridine rings is 1. The topological polar surface area (TPSA) is 95.2 Å². The molecule has 6 rings (SSSR count). The normalized spacial score (nSPS) is 19.8. The molecule has 238 valence electrons. The highest BCUT2D eigenvalue weighted by atomic mass is 16.5. The minimum absolute atomic E-state index is 0.0293. The van der Waals surface area contributed by atoms with Gasteiger partial charge in [0.05, 0.1) is 24.8 Å². The van der Waals surface area contributed by atoms with Gasteiger partial charge in [-0.3, -0.25) is 19.3 Å². The van der Waals surface area contributed by atoms with Gasteiger partial charge in [-0.25, -0.2) is 4.90 Å². The monoisotopic (exact) mass is 612 g/mol. The number of rotatable bonds is 8. The second-order valence-electron chi connectivity index (χ2n) is 12.6. The average Bonchev–Trinajstić information content (AvgIpc) is 3.32. The molecule has 1 aromatic heterocycles. The van der Waals surface area contributed by atoms with E-state index in [9.17, 15) is 14.4 Å². The quantitative estimate of drug-likeness (QED) is 0.364. The number of carbonyl (C=O) groups excluding carboxylic acids is 2. The zero-order valence-corrected chi connectivity index (χ0v) is 26.9. The molecule has 2 amide bonds. The molecule has 9 nitrogen and oxygen atoms in total. The number of anilines is 2. The molecule has 3 aromatic rings. The summed E-state index contributed by atoms with van der Waals surface area (Å²) in [6.45, 7) is 14.3. The van der Waals surface area contributed by atoms with Crippen LogP contribution in [0.5, 0.6) is 0 Å². The van der Waals surface area contributed by atoms with Crippen LogP contribution in [0.4, 0.5) is 11.4 Å². The van der Waals surface area contributed by atoms with Crippen molar-refractivity contribution in [2.75, 3.05) is 55.9 Å². The first-order chi connectivity index (χ1) is 21.7. The van der Waals surface area contributed by atoms with Crippen molar-refractivity contribution < 1.29 is 19.1 Å². The molecule has 2 aromatic carbocycles. The molecule has 1 N–H and O–H groups in total. The number of hydrogen-bond donors (Lipinski definition) is 1. The zero-order chi connectivity index (χ0) is 31.7. The first kappa shape index (κ1) is 31.2. The van der Waals surface area contributed by atoms with Crippen LogP contribution in [-0.4, -0.2) is 73.8 Å². The van der Waals surface area contributed by atoms with Crippen LogP contribution in [-0.2, 0) is 25.6 Å². The molecule has 45 heavy (non-hydrogen) atoms. The van der Waals surface area contributed by atoms with Gasteiger partial charge in [0.25, 0.3) is 5.56 Å². The van der Waals surface area contributed by atoms with E-state index in [0.717, 1.165) is 85.9 Å². The van der Waals surface area contributed by atoms with Crippen molar-refractivity contribution in [1.82, 2.24) is 9.88 Å². The number of carbonyl (C=O) groups is 2. The Morgan fingerprint density at radius 3 is 2.24 bits per heavy atom. The highest BCUT2D eigenvalue weighted by molar-refractivity contribution is 6.23. The van der Waals surface area contributed by atoms with E-state index in [4.69, 9.17) is 9.47 Å². The maximum atomic E-state index is 14.1. The zero-order valence-electron chi connectivity index (χ0n) is 26.9. The van der Waals surface area contributed by atoms with E-state index in [1.54, 1.807) is 0 Å². The molecule has 3 saturated heterocycles. The Labute approximate surface area is 265 Å². The van der Waals surface area contributed by atoms with Gasteiger partial charge in [-0.15, -0.1) is 0 Å². The van der Waals surface area contributed by atoms with Crippen molar-refractivity contribution in [1.29, 1.82) is 0 Å². The van der Waals surface area contributed by atoms with Gasteiger partial charge in [0.2, 0.25) is 11.8 Å². The van der Waals surface area contributed by atoms with Gasteiger partial charge < -0.3 is 19.4 Å². The number of aromatic amines is 1. The van der Waals surface area contributed by atoms with E-state index >= 15 is 0 Å². The number of nitrogens with one attached hydrogen (secondary N) is 1. The number of H-pyrrole nitrogens is 1. The summed E-state index contributed by atoms with van der Waals surface area (Å²) in [6.07, 6.45) is 1.81. The van der Waals surface area contributed by atoms with Crippen LogP contribution < -0.4 is 15.4 Å². The Balaban J connectivity index is 1.40. The van der Waals surface area contributed by atoms with E-state index in [2.05, 4.69) is 52.0 Å². The van der Waals surface area contributed by atoms with E-state index in [1.807, 2.05) is 32.9 Å². The summed E-state index contributed by atoms with van der Waals surface area (Å²) in [6, 6.07) is 14.9. The van der Waals surface area contributed by atoms with E-state index in [-0.39, 0.29) is 23.8 Å². The summed E-state index contributed by atoms with van der Waals surface area (Å²) in [4.78, 5) is 49.7. The molecule has 3 fully saturated rings. The summed E-state index contributed by atoms with van der Waals surface area (Å²) < 4.78 is 11.2. The van der Waals surface area contributed by atoms with Crippen molar-refractivity contribution in [2.45, 2.75) is 65.5 Å². The Bertz CT molecular complexity index is 1620. The number of hydrogen-bond acceptors (Lipinski definition) is 7. The maximum Gasteiger partial charge on any atom is 0.252 e. The first-order valence-corrected chi connectivity index (χ1v) is 16.2. The van der Waals surface area contributed by atoms with E-state index in [0.29, 0.717) is 30.5 Å². The summed E-state index contributed by atoms with van der Waals surface area (Å²) in [7, 11) is 0. The number of benzene rings is 2. The highest BCUT2D eigenvalue weighted by Crippen LogP contribution is 2.41. The van der Waals surface area contributed by atoms with Crippen LogP contribution in [0.15, 0.2) is 47.3 Å². The third-order valence-corrected chi connectivity index (χ3v) is 9.58. The van der Waals surface area contributed by atoms with E-state index < -0.39 is 5.92 Å². The number of aryl methyl sites for hydroxylation is 2. The molecule has 3 aliphatic heterocycles. The van der Waals surface area contributed by atoms with Crippen LogP contribution in [0.1, 0.15) is 60.1 Å². The lowest BCUT2D eigenvalue weighted by Gasteiger charge is -2.37. The maximum absolute atomic E-state index is 14.1. The fraction of sp³-hybridized carbons (Fsp3) is 0.472.